The quantitative estimate of drug-likeness (QED) is 0.217. The van der Waals surface area contributed by atoms with E-state index in [1.807, 2.05) is 12.1 Å². The van der Waals surface area contributed by atoms with Crippen LogP contribution < -0.4 is 4.90 Å². The molecule has 0 bridgehead atoms. The predicted octanol–water partition coefficient (Wildman–Crippen LogP) is 11.5. The van der Waals surface area contributed by atoms with Crippen LogP contribution in [-0.4, -0.2) is 0 Å². The van der Waals surface area contributed by atoms with Crippen molar-refractivity contribution in [2.45, 2.75) is 0 Å². The number of hydrogen-bond acceptors (Lipinski definition) is 2. The molecule has 0 aliphatic heterocycles. The Morgan fingerprint density at radius 3 is 1.90 bits per heavy atom. The summed E-state index contributed by atoms with van der Waals surface area (Å²) >= 11 is 0. The zero-order chi connectivity index (χ0) is 27.9. The highest BCUT2D eigenvalue weighted by atomic mass is 16.3. The zero-order valence-corrected chi connectivity index (χ0v) is 22.9. The fourth-order valence-corrected chi connectivity index (χ4v) is 5.98. The highest BCUT2D eigenvalue weighted by molar-refractivity contribution is 6.07. The van der Waals surface area contributed by atoms with Gasteiger partial charge in [0.2, 0.25) is 0 Å². The number of furan rings is 1. The second-order valence-corrected chi connectivity index (χ2v) is 10.6. The predicted molar refractivity (Wildman–Crippen MR) is 177 cm³/mol. The van der Waals surface area contributed by atoms with Crippen LogP contribution in [0.5, 0.6) is 0 Å². The van der Waals surface area contributed by atoms with Crippen LogP contribution in [0.1, 0.15) is 0 Å². The Morgan fingerprint density at radius 1 is 0.381 bits per heavy atom. The molecule has 0 N–H and O–H groups in total. The van der Waals surface area contributed by atoms with Crippen molar-refractivity contribution in [2.75, 3.05) is 4.90 Å². The molecule has 0 saturated carbocycles. The van der Waals surface area contributed by atoms with E-state index in [9.17, 15) is 0 Å². The van der Waals surface area contributed by atoms with Crippen molar-refractivity contribution < 1.29 is 4.42 Å². The van der Waals surface area contributed by atoms with Crippen molar-refractivity contribution in [2.24, 2.45) is 0 Å². The third kappa shape index (κ3) is 4.22. The number of hydrogen-bond donors (Lipinski definition) is 0. The van der Waals surface area contributed by atoms with Crippen LogP contribution in [0.4, 0.5) is 17.1 Å². The molecule has 42 heavy (non-hydrogen) atoms. The van der Waals surface area contributed by atoms with Crippen LogP contribution in [0, 0.1) is 0 Å². The van der Waals surface area contributed by atoms with Gasteiger partial charge >= 0.3 is 0 Å². The van der Waals surface area contributed by atoms with Crippen LogP contribution in [-0.2, 0) is 0 Å². The van der Waals surface area contributed by atoms with Crippen LogP contribution >= 0.6 is 0 Å². The minimum Gasteiger partial charge on any atom is -0.456 e. The van der Waals surface area contributed by atoms with Gasteiger partial charge in [0.25, 0.3) is 0 Å². The van der Waals surface area contributed by atoms with Gasteiger partial charge in [-0.1, -0.05) is 115 Å². The van der Waals surface area contributed by atoms with E-state index in [0.717, 1.165) is 50.1 Å². The lowest BCUT2D eigenvalue weighted by molar-refractivity contribution is 0.669. The molecule has 0 unspecified atom stereocenters. The third-order valence-electron chi connectivity index (χ3n) is 8.06. The summed E-state index contributed by atoms with van der Waals surface area (Å²) in [6.07, 6.45) is 0. The van der Waals surface area contributed by atoms with Gasteiger partial charge in [-0.3, -0.25) is 0 Å². The summed E-state index contributed by atoms with van der Waals surface area (Å²) in [5.74, 6) is 0. The number of benzene rings is 7. The normalized spacial score (nSPS) is 11.3. The number of fused-ring (bicyclic) bond motifs is 4. The molecule has 8 rings (SSSR count). The van der Waals surface area contributed by atoms with E-state index in [1.165, 1.54) is 21.9 Å². The number of nitrogens with zero attached hydrogens (tertiary/aromatic N) is 1. The van der Waals surface area contributed by atoms with Crippen molar-refractivity contribution in [3.63, 3.8) is 0 Å². The highest BCUT2D eigenvalue weighted by Gasteiger charge is 2.18. The lowest BCUT2D eigenvalue weighted by Gasteiger charge is -2.28. The number of para-hydroxylation sites is 2. The van der Waals surface area contributed by atoms with Gasteiger partial charge in [0.05, 0.1) is 5.69 Å². The summed E-state index contributed by atoms with van der Waals surface area (Å²) in [6, 6.07) is 58.1. The minimum atomic E-state index is 0.903. The lowest BCUT2D eigenvalue weighted by atomic mass is 9.99. The largest absolute Gasteiger partial charge is 0.456 e. The van der Waals surface area contributed by atoms with Crippen LogP contribution in [0.15, 0.2) is 168 Å². The Bertz CT molecular complexity index is 2190. The Labute approximate surface area is 244 Å². The minimum absolute atomic E-state index is 0.903. The van der Waals surface area contributed by atoms with Gasteiger partial charge in [0, 0.05) is 27.7 Å². The van der Waals surface area contributed by atoms with E-state index < -0.39 is 0 Å². The molecular weight excluding hydrogens is 510 g/mol. The van der Waals surface area contributed by atoms with Gasteiger partial charge in [-0.25, -0.2) is 0 Å². The zero-order valence-electron chi connectivity index (χ0n) is 22.9. The van der Waals surface area contributed by atoms with Crippen molar-refractivity contribution in [3.05, 3.63) is 164 Å². The molecular formula is C40H27NO. The average Bonchev–Trinajstić information content (AvgIpc) is 3.44. The van der Waals surface area contributed by atoms with E-state index in [4.69, 9.17) is 4.42 Å². The van der Waals surface area contributed by atoms with E-state index in [1.54, 1.807) is 0 Å². The Balaban J connectivity index is 1.31. The maximum Gasteiger partial charge on any atom is 0.135 e. The molecule has 2 nitrogen and oxygen atoms in total. The lowest BCUT2D eigenvalue weighted by Crippen LogP contribution is -2.11. The molecule has 0 radical (unpaired) electrons. The molecule has 0 amide bonds. The molecule has 2 heteroatoms. The summed E-state index contributed by atoms with van der Waals surface area (Å²) in [5, 5.41) is 4.70. The SMILES string of the molecule is c1ccc(-c2ccc(N(c3ccc4ccccc4c3)c3ccccc3-c3ccc4oc5ccccc5c4c3)cc2)cc1. The van der Waals surface area contributed by atoms with Gasteiger partial charge in [0.1, 0.15) is 11.2 Å². The molecule has 7 aromatic carbocycles. The maximum absolute atomic E-state index is 6.14. The van der Waals surface area contributed by atoms with Gasteiger partial charge in [-0.15, -0.1) is 0 Å². The molecule has 198 valence electrons. The first-order valence-corrected chi connectivity index (χ1v) is 14.3. The summed E-state index contributed by atoms with van der Waals surface area (Å²) < 4.78 is 6.14. The average molecular weight is 538 g/mol. The van der Waals surface area contributed by atoms with Crippen molar-refractivity contribution in [1.82, 2.24) is 0 Å². The van der Waals surface area contributed by atoms with Crippen LogP contribution in [0.25, 0.3) is 55.0 Å². The molecule has 0 aliphatic carbocycles. The van der Waals surface area contributed by atoms with E-state index >= 15 is 0 Å². The van der Waals surface area contributed by atoms with Gasteiger partial charge in [-0.2, -0.15) is 0 Å². The van der Waals surface area contributed by atoms with E-state index in [2.05, 4.69) is 157 Å². The fourth-order valence-electron chi connectivity index (χ4n) is 5.98. The van der Waals surface area contributed by atoms with Gasteiger partial charge in [0.15, 0.2) is 0 Å². The standard InChI is InChI=1S/C40H27NO/c1-2-10-28(11-3-1)30-18-22-33(23-19-30)41(34-24-20-29-12-4-5-13-31(29)26-34)38-16-8-6-14-35(38)32-21-25-40-37(27-32)36-15-7-9-17-39(36)42-40/h1-27H. The second kappa shape index (κ2) is 10.1. The monoisotopic (exact) mass is 537 g/mol. The smallest absolute Gasteiger partial charge is 0.135 e. The summed E-state index contributed by atoms with van der Waals surface area (Å²) in [7, 11) is 0. The molecule has 0 aliphatic rings. The maximum atomic E-state index is 6.14. The Morgan fingerprint density at radius 2 is 1.02 bits per heavy atom. The first-order chi connectivity index (χ1) is 20.8. The summed E-state index contributed by atoms with van der Waals surface area (Å²) in [4.78, 5) is 2.37. The first-order valence-electron chi connectivity index (χ1n) is 14.3. The van der Waals surface area contributed by atoms with Gasteiger partial charge < -0.3 is 9.32 Å². The summed E-state index contributed by atoms with van der Waals surface area (Å²) in [6.45, 7) is 0. The topological polar surface area (TPSA) is 16.4 Å². The fraction of sp³-hybridized carbons (Fsp3) is 0. The van der Waals surface area contributed by atoms with Crippen LogP contribution in [0.2, 0.25) is 0 Å². The molecule has 1 heterocycles. The Hall–Kier alpha value is -5.60. The molecule has 0 fully saturated rings. The highest BCUT2D eigenvalue weighted by Crippen LogP contribution is 2.43. The third-order valence-corrected chi connectivity index (χ3v) is 8.06. The number of anilines is 3. The molecule has 0 atom stereocenters. The van der Waals surface area contributed by atoms with Crippen molar-refractivity contribution in [1.29, 1.82) is 0 Å². The van der Waals surface area contributed by atoms with E-state index in [0.29, 0.717) is 0 Å². The molecule has 0 spiro atoms. The number of rotatable bonds is 5. The molecule has 1 aromatic heterocycles. The van der Waals surface area contributed by atoms with Crippen molar-refractivity contribution in [3.8, 4) is 22.3 Å². The summed E-state index contributed by atoms with van der Waals surface area (Å²) in [5.41, 5.74) is 9.87. The van der Waals surface area contributed by atoms with Gasteiger partial charge in [-0.05, 0) is 76.0 Å². The first kappa shape index (κ1) is 24.2. The molecule has 8 aromatic rings. The second-order valence-electron chi connectivity index (χ2n) is 10.6. The van der Waals surface area contributed by atoms with E-state index in [-0.39, 0.29) is 0 Å². The van der Waals surface area contributed by atoms with Crippen LogP contribution in [0.3, 0.4) is 0 Å². The Kier molecular flexibility index (Phi) is 5.82. The van der Waals surface area contributed by atoms with Crippen molar-refractivity contribution >= 4 is 49.8 Å². The molecule has 0 saturated heterocycles.